The summed E-state index contributed by atoms with van der Waals surface area (Å²) in [5, 5.41) is 10.4. The number of halogens is 1. The van der Waals surface area contributed by atoms with Crippen LogP contribution in [0.25, 0.3) is 5.69 Å². The van der Waals surface area contributed by atoms with E-state index >= 15 is 0 Å². The predicted molar refractivity (Wildman–Crippen MR) is 101 cm³/mol. The number of nitrogens with zero attached hydrogens (tertiary/aromatic N) is 2. The van der Waals surface area contributed by atoms with E-state index in [1.54, 1.807) is 16.8 Å². The van der Waals surface area contributed by atoms with E-state index in [0.29, 0.717) is 11.4 Å². The van der Waals surface area contributed by atoms with Gasteiger partial charge in [-0.15, -0.1) is 0 Å². The third-order valence-corrected chi connectivity index (χ3v) is 4.86. The lowest BCUT2D eigenvalue weighted by molar-refractivity contribution is -0.120. The lowest BCUT2D eigenvalue weighted by Gasteiger charge is -2.17. The van der Waals surface area contributed by atoms with Crippen LogP contribution in [0.4, 0.5) is 10.1 Å². The molecule has 0 radical (unpaired) electrons. The van der Waals surface area contributed by atoms with E-state index < -0.39 is 0 Å². The van der Waals surface area contributed by atoms with Crippen LogP contribution in [0.5, 0.6) is 0 Å². The van der Waals surface area contributed by atoms with Gasteiger partial charge in [0, 0.05) is 17.4 Å². The fourth-order valence-electron chi connectivity index (χ4n) is 3.55. The number of carbonyl (C=O) groups excluding carboxylic acids is 1. The molecule has 1 aromatic carbocycles. The lowest BCUT2D eigenvalue weighted by Crippen LogP contribution is -2.38. The molecule has 1 saturated carbocycles. The van der Waals surface area contributed by atoms with Crippen LogP contribution in [0.15, 0.2) is 24.3 Å². The molecule has 0 unspecified atom stereocenters. The summed E-state index contributed by atoms with van der Waals surface area (Å²) >= 11 is 0. The molecule has 0 bridgehead atoms. The smallest absolute Gasteiger partial charge is 0.239 e. The number of nitrogens with one attached hydrogen (secondary N) is 2. The lowest BCUT2D eigenvalue weighted by atomic mass is 10.1. The predicted octanol–water partition coefficient (Wildman–Crippen LogP) is 3.88. The molecule has 2 N–H and O–H groups in total. The molecule has 1 amide bonds. The van der Waals surface area contributed by atoms with E-state index in [-0.39, 0.29) is 24.3 Å². The van der Waals surface area contributed by atoms with Gasteiger partial charge in [0.2, 0.25) is 5.91 Å². The van der Waals surface area contributed by atoms with Gasteiger partial charge in [0.05, 0.1) is 12.2 Å². The largest absolute Gasteiger partial charge is 0.376 e. The summed E-state index contributed by atoms with van der Waals surface area (Å²) in [7, 11) is 0. The van der Waals surface area contributed by atoms with E-state index in [1.165, 1.54) is 31.7 Å². The van der Waals surface area contributed by atoms with Crippen molar-refractivity contribution in [2.45, 2.75) is 58.4 Å². The number of anilines is 1. The van der Waals surface area contributed by atoms with Gasteiger partial charge in [-0.3, -0.25) is 4.79 Å². The third kappa shape index (κ3) is 4.62. The van der Waals surface area contributed by atoms with Gasteiger partial charge in [0.1, 0.15) is 5.69 Å². The molecule has 3 rings (SSSR count). The average Bonchev–Trinajstić information content (AvgIpc) is 2.79. The van der Waals surface area contributed by atoms with Crippen molar-refractivity contribution in [2.75, 3.05) is 11.9 Å². The van der Waals surface area contributed by atoms with Crippen molar-refractivity contribution >= 4 is 11.6 Å². The highest BCUT2D eigenvalue weighted by atomic mass is 19.1. The zero-order valence-corrected chi connectivity index (χ0v) is 15.5. The van der Waals surface area contributed by atoms with Crippen molar-refractivity contribution < 1.29 is 9.18 Å². The number of aromatic nitrogens is 2. The summed E-state index contributed by atoms with van der Waals surface area (Å²) < 4.78 is 16.1. The molecule has 1 aliphatic carbocycles. The van der Waals surface area contributed by atoms with E-state index in [0.717, 1.165) is 24.2 Å². The Morgan fingerprint density at radius 3 is 2.54 bits per heavy atom. The summed E-state index contributed by atoms with van der Waals surface area (Å²) in [6, 6.07) is 7.04. The molecule has 1 aromatic heterocycles. The van der Waals surface area contributed by atoms with Gasteiger partial charge >= 0.3 is 0 Å². The Bertz CT molecular complexity index is 763. The van der Waals surface area contributed by atoms with Crippen molar-refractivity contribution in [1.29, 1.82) is 0 Å². The molecule has 2 aromatic rings. The maximum atomic E-state index is 14.5. The summed E-state index contributed by atoms with van der Waals surface area (Å²) in [5.41, 5.74) is 2.72. The zero-order valence-electron chi connectivity index (χ0n) is 15.5. The molecule has 1 heterocycles. The number of benzene rings is 1. The number of hydrogen-bond acceptors (Lipinski definition) is 3. The van der Waals surface area contributed by atoms with Gasteiger partial charge in [-0.1, -0.05) is 25.7 Å². The minimum absolute atomic E-state index is 0.0417. The van der Waals surface area contributed by atoms with E-state index in [2.05, 4.69) is 15.7 Å². The van der Waals surface area contributed by atoms with Crippen LogP contribution in [-0.2, 0) is 4.79 Å². The van der Waals surface area contributed by atoms with Gasteiger partial charge in [0.25, 0.3) is 0 Å². The molecule has 1 aliphatic rings. The van der Waals surface area contributed by atoms with E-state index in [4.69, 9.17) is 0 Å². The molecule has 5 nitrogen and oxygen atoms in total. The molecule has 0 atom stereocenters. The quantitative estimate of drug-likeness (QED) is 0.798. The van der Waals surface area contributed by atoms with Crippen molar-refractivity contribution in [3.05, 3.63) is 41.5 Å². The monoisotopic (exact) mass is 358 g/mol. The molecule has 0 spiro atoms. The Kier molecular flexibility index (Phi) is 5.91. The number of hydrogen-bond donors (Lipinski definition) is 2. The molecule has 0 saturated heterocycles. The molecular weight excluding hydrogens is 331 g/mol. The van der Waals surface area contributed by atoms with Crippen LogP contribution < -0.4 is 10.6 Å². The second-order valence-electron chi connectivity index (χ2n) is 7.11. The van der Waals surface area contributed by atoms with E-state index in [1.807, 2.05) is 19.9 Å². The van der Waals surface area contributed by atoms with Crippen LogP contribution in [0, 0.1) is 19.7 Å². The van der Waals surface area contributed by atoms with Crippen molar-refractivity contribution in [3.63, 3.8) is 0 Å². The van der Waals surface area contributed by atoms with Crippen LogP contribution in [-0.4, -0.2) is 28.3 Å². The first-order valence-corrected chi connectivity index (χ1v) is 9.39. The van der Waals surface area contributed by atoms with Crippen LogP contribution in [0.1, 0.15) is 49.9 Å². The summed E-state index contributed by atoms with van der Waals surface area (Å²) in [6.45, 7) is 3.92. The van der Waals surface area contributed by atoms with Gasteiger partial charge in [-0.05, 0) is 51.0 Å². The second kappa shape index (κ2) is 8.34. The third-order valence-electron chi connectivity index (χ3n) is 4.86. The topological polar surface area (TPSA) is 59.0 Å². The molecular formula is C20H27FN4O. The zero-order chi connectivity index (χ0) is 18.5. The Labute approximate surface area is 154 Å². The molecule has 0 aliphatic heterocycles. The standard InChI is InChI=1S/C20H27FN4O/c1-14-11-15(2)25(24-14)19-10-9-17(12-18(19)21)22-13-20(26)23-16-7-5-3-4-6-8-16/h9-12,16,22H,3-8,13H2,1-2H3,(H,23,26). The maximum Gasteiger partial charge on any atom is 0.239 e. The van der Waals surface area contributed by atoms with Gasteiger partial charge < -0.3 is 10.6 Å². The number of rotatable bonds is 5. The Morgan fingerprint density at radius 2 is 1.92 bits per heavy atom. The average molecular weight is 358 g/mol. The highest BCUT2D eigenvalue weighted by Crippen LogP contribution is 2.20. The van der Waals surface area contributed by atoms with Crippen molar-refractivity contribution in [1.82, 2.24) is 15.1 Å². The first-order valence-electron chi connectivity index (χ1n) is 9.39. The molecule has 6 heteroatoms. The molecule has 1 fully saturated rings. The number of aryl methyl sites for hydroxylation is 2. The first-order chi connectivity index (χ1) is 12.5. The Hall–Kier alpha value is -2.37. The van der Waals surface area contributed by atoms with Crippen molar-refractivity contribution in [3.8, 4) is 5.69 Å². The number of amides is 1. The summed E-state index contributed by atoms with van der Waals surface area (Å²) in [5.74, 6) is -0.412. The van der Waals surface area contributed by atoms with Crippen LogP contribution >= 0.6 is 0 Å². The first kappa shape index (κ1) is 18.4. The minimum atomic E-state index is -0.370. The van der Waals surface area contributed by atoms with Gasteiger partial charge in [-0.2, -0.15) is 5.10 Å². The number of carbonyl (C=O) groups is 1. The van der Waals surface area contributed by atoms with Gasteiger partial charge in [0.15, 0.2) is 5.82 Å². The molecule has 26 heavy (non-hydrogen) atoms. The SMILES string of the molecule is Cc1cc(C)n(-c2ccc(NCC(=O)NC3CCCCCC3)cc2F)n1. The second-order valence-corrected chi connectivity index (χ2v) is 7.11. The Morgan fingerprint density at radius 1 is 1.19 bits per heavy atom. The summed E-state index contributed by atoms with van der Waals surface area (Å²) in [4.78, 5) is 12.1. The van der Waals surface area contributed by atoms with Crippen LogP contribution in [0.3, 0.4) is 0 Å². The highest BCUT2D eigenvalue weighted by molar-refractivity contribution is 5.81. The van der Waals surface area contributed by atoms with E-state index in [9.17, 15) is 9.18 Å². The minimum Gasteiger partial charge on any atom is -0.376 e. The highest BCUT2D eigenvalue weighted by Gasteiger charge is 2.15. The fourth-order valence-corrected chi connectivity index (χ4v) is 3.55. The van der Waals surface area contributed by atoms with Gasteiger partial charge in [-0.25, -0.2) is 9.07 Å². The summed E-state index contributed by atoms with van der Waals surface area (Å²) in [6.07, 6.45) is 6.97. The maximum absolute atomic E-state index is 14.5. The molecule has 140 valence electrons. The van der Waals surface area contributed by atoms with Crippen molar-refractivity contribution in [2.24, 2.45) is 0 Å². The Balaban J connectivity index is 1.57. The van der Waals surface area contributed by atoms with Crippen LogP contribution in [0.2, 0.25) is 0 Å². The normalized spacial score (nSPS) is 15.5. The fraction of sp³-hybridized carbons (Fsp3) is 0.500.